The summed E-state index contributed by atoms with van der Waals surface area (Å²) in [7, 11) is 0. The molecule has 0 aliphatic rings. The minimum atomic E-state index is 0.0401. The van der Waals surface area contributed by atoms with Crippen LogP contribution in [-0.2, 0) is 0 Å². The van der Waals surface area contributed by atoms with Crippen LogP contribution in [0.5, 0.6) is 0 Å². The van der Waals surface area contributed by atoms with Crippen molar-refractivity contribution in [1.29, 1.82) is 5.26 Å². The fourth-order valence-corrected chi connectivity index (χ4v) is 1.77. The van der Waals surface area contributed by atoms with E-state index in [0.717, 1.165) is 10.8 Å². The lowest BCUT2D eigenvalue weighted by molar-refractivity contribution is 0.0986. The number of Topliss-reactive ketones (excluding diaryl/α,β-unsaturated/α-hetero) is 1. The van der Waals surface area contributed by atoms with Gasteiger partial charge in [-0.05, 0) is 10.8 Å². The van der Waals surface area contributed by atoms with Crippen LogP contribution in [0.25, 0.3) is 10.8 Å². The maximum absolute atomic E-state index is 11.9. The van der Waals surface area contributed by atoms with Crippen molar-refractivity contribution in [2.75, 3.05) is 0 Å². The van der Waals surface area contributed by atoms with Gasteiger partial charge in [0.05, 0.1) is 6.07 Å². The number of carbonyl (C=O) groups excluding carboxylic acids is 1. The molecule has 0 spiro atoms. The zero-order valence-corrected chi connectivity index (χ0v) is 8.81. The van der Waals surface area contributed by atoms with Gasteiger partial charge in [-0.2, -0.15) is 5.26 Å². The standard InChI is InChI=1S/C14H11NO/c15-10-4-9-14(16)13-8-3-6-11-5-1-2-7-12(11)13/h1-3,5-8H,4,9H2. The molecule has 0 fully saturated rings. The normalized spacial score (nSPS) is 9.94. The predicted molar refractivity (Wildman–Crippen MR) is 63.1 cm³/mol. The van der Waals surface area contributed by atoms with Gasteiger partial charge in [0.2, 0.25) is 0 Å². The number of fused-ring (bicyclic) bond motifs is 1. The highest BCUT2D eigenvalue weighted by Crippen LogP contribution is 2.20. The number of carbonyl (C=O) groups is 1. The molecular formula is C14H11NO. The maximum atomic E-state index is 11.9. The van der Waals surface area contributed by atoms with Crippen LogP contribution in [0, 0.1) is 11.3 Å². The van der Waals surface area contributed by atoms with Crippen LogP contribution in [-0.4, -0.2) is 5.78 Å². The molecule has 2 aromatic rings. The molecule has 0 N–H and O–H groups in total. The van der Waals surface area contributed by atoms with Crippen molar-refractivity contribution in [2.45, 2.75) is 12.8 Å². The predicted octanol–water partition coefficient (Wildman–Crippen LogP) is 3.33. The van der Waals surface area contributed by atoms with E-state index in [-0.39, 0.29) is 12.2 Å². The molecule has 2 aromatic carbocycles. The van der Waals surface area contributed by atoms with Gasteiger partial charge >= 0.3 is 0 Å². The van der Waals surface area contributed by atoms with E-state index in [9.17, 15) is 4.79 Å². The molecule has 0 saturated carbocycles. The van der Waals surface area contributed by atoms with E-state index in [1.54, 1.807) is 0 Å². The van der Waals surface area contributed by atoms with Crippen LogP contribution in [0.15, 0.2) is 42.5 Å². The summed E-state index contributed by atoms with van der Waals surface area (Å²) in [6.45, 7) is 0. The SMILES string of the molecule is N#CCCC(=O)c1cccc2ccccc12. The quantitative estimate of drug-likeness (QED) is 0.727. The molecule has 0 bridgehead atoms. The van der Waals surface area contributed by atoms with Crippen molar-refractivity contribution < 1.29 is 4.79 Å². The summed E-state index contributed by atoms with van der Waals surface area (Å²) in [6.07, 6.45) is 0.576. The number of hydrogen-bond donors (Lipinski definition) is 0. The third-order valence-electron chi connectivity index (χ3n) is 2.55. The Labute approximate surface area is 94.1 Å². The summed E-state index contributed by atoms with van der Waals surface area (Å²) in [6, 6.07) is 15.5. The van der Waals surface area contributed by atoms with Crippen molar-refractivity contribution >= 4 is 16.6 Å². The van der Waals surface area contributed by atoms with Crippen LogP contribution in [0.4, 0.5) is 0 Å². The largest absolute Gasteiger partial charge is 0.294 e. The molecule has 0 radical (unpaired) electrons. The lowest BCUT2D eigenvalue weighted by Crippen LogP contribution is -1.99. The van der Waals surface area contributed by atoms with Gasteiger partial charge in [-0.15, -0.1) is 0 Å². The summed E-state index contributed by atoms with van der Waals surface area (Å²) in [5.74, 6) is 0.0401. The molecule has 2 nitrogen and oxygen atoms in total. The fraction of sp³-hybridized carbons (Fsp3) is 0.143. The second-order valence-electron chi connectivity index (χ2n) is 3.61. The third kappa shape index (κ3) is 1.94. The Balaban J connectivity index is 2.45. The summed E-state index contributed by atoms with van der Waals surface area (Å²) in [4.78, 5) is 11.9. The Hall–Kier alpha value is -2.14. The lowest BCUT2D eigenvalue weighted by Gasteiger charge is -2.03. The Kier molecular flexibility index (Phi) is 2.98. The summed E-state index contributed by atoms with van der Waals surface area (Å²) in [5, 5.41) is 10.5. The number of ketones is 1. The van der Waals surface area contributed by atoms with E-state index < -0.39 is 0 Å². The van der Waals surface area contributed by atoms with Crippen LogP contribution >= 0.6 is 0 Å². The highest BCUT2D eigenvalue weighted by atomic mass is 16.1. The molecule has 0 atom stereocenters. The molecule has 0 saturated heterocycles. The average molecular weight is 209 g/mol. The zero-order chi connectivity index (χ0) is 11.4. The first-order valence-corrected chi connectivity index (χ1v) is 5.21. The van der Waals surface area contributed by atoms with Gasteiger partial charge in [0.15, 0.2) is 5.78 Å². The average Bonchev–Trinajstić information content (AvgIpc) is 2.35. The highest BCUT2D eigenvalue weighted by molar-refractivity contribution is 6.08. The fourth-order valence-electron chi connectivity index (χ4n) is 1.77. The Bertz CT molecular complexity index is 561. The molecular weight excluding hydrogens is 198 g/mol. The summed E-state index contributed by atoms with van der Waals surface area (Å²) in [5.41, 5.74) is 0.716. The van der Waals surface area contributed by atoms with E-state index >= 15 is 0 Å². The number of rotatable bonds is 3. The Morgan fingerprint density at radius 3 is 2.69 bits per heavy atom. The minimum absolute atomic E-state index is 0.0401. The summed E-state index contributed by atoms with van der Waals surface area (Å²) < 4.78 is 0. The van der Waals surface area contributed by atoms with Crippen molar-refractivity contribution in [3.63, 3.8) is 0 Å². The molecule has 16 heavy (non-hydrogen) atoms. The van der Waals surface area contributed by atoms with Gasteiger partial charge < -0.3 is 0 Å². The molecule has 0 aromatic heterocycles. The number of nitrogens with zero attached hydrogens (tertiary/aromatic N) is 1. The van der Waals surface area contributed by atoms with Gasteiger partial charge in [-0.3, -0.25) is 4.79 Å². The van der Waals surface area contributed by atoms with Crippen LogP contribution < -0.4 is 0 Å². The minimum Gasteiger partial charge on any atom is -0.294 e. The number of benzene rings is 2. The molecule has 0 amide bonds. The molecule has 0 heterocycles. The van der Waals surface area contributed by atoms with E-state index in [4.69, 9.17) is 5.26 Å². The summed E-state index contributed by atoms with van der Waals surface area (Å²) >= 11 is 0. The van der Waals surface area contributed by atoms with E-state index in [0.29, 0.717) is 12.0 Å². The van der Waals surface area contributed by atoms with Gasteiger partial charge in [0, 0.05) is 18.4 Å². The van der Waals surface area contributed by atoms with Gasteiger partial charge in [-0.1, -0.05) is 42.5 Å². The number of hydrogen-bond acceptors (Lipinski definition) is 2. The van der Waals surface area contributed by atoms with E-state index in [2.05, 4.69) is 0 Å². The second-order valence-corrected chi connectivity index (χ2v) is 3.61. The Morgan fingerprint density at radius 1 is 1.12 bits per heavy atom. The third-order valence-corrected chi connectivity index (χ3v) is 2.55. The molecule has 0 unspecified atom stereocenters. The molecule has 0 aliphatic heterocycles. The van der Waals surface area contributed by atoms with Gasteiger partial charge in [0.1, 0.15) is 0 Å². The van der Waals surface area contributed by atoms with Crippen LogP contribution in [0.3, 0.4) is 0 Å². The maximum Gasteiger partial charge on any atom is 0.164 e. The van der Waals surface area contributed by atoms with Crippen molar-refractivity contribution in [3.05, 3.63) is 48.0 Å². The molecule has 2 rings (SSSR count). The van der Waals surface area contributed by atoms with Crippen LogP contribution in [0.2, 0.25) is 0 Å². The van der Waals surface area contributed by atoms with Gasteiger partial charge in [0.25, 0.3) is 0 Å². The second kappa shape index (κ2) is 4.59. The topological polar surface area (TPSA) is 40.9 Å². The zero-order valence-electron chi connectivity index (χ0n) is 8.81. The van der Waals surface area contributed by atoms with Crippen molar-refractivity contribution in [1.82, 2.24) is 0 Å². The highest BCUT2D eigenvalue weighted by Gasteiger charge is 2.08. The lowest BCUT2D eigenvalue weighted by atomic mass is 9.99. The van der Waals surface area contributed by atoms with Crippen molar-refractivity contribution in [3.8, 4) is 6.07 Å². The van der Waals surface area contributed by atoms with E-state index in [1.807, 2.05) is 48.5 Å². The van der Waals surface area contributed by atoms with Crippen LogP contribution in [0.1, 0.15) is 23.2 Å². The molecule has 2 heteroatoms. The number of nitriles is 1. The van der Waals surface area contributed by atoms with E-state index in [1.165, 1.54) is 0 Å². The molecule has 78 valence electrons. The smallest absolute Gasteiger partial charge is 0.164 e. The first kappa shape index (κ1) is 10.4. The van der Waals surface area contributed by atoms with Gasteiger partial charge in [-0.25, -0.2) is 0 Å². The molecule has 0 aliphatic carbocycles. The first-order chi connectivity index (χ1) is 7.83. The Morgan fingerprint density at radius 2 is 1.88 bits per heavy atom. The van der Waals surface area contributed by atoms with Crippen molar-refractivity contribution in [2.24, 2.45) is 0 Å². The first-order valence-electron chi connectivity index (χ1n) is 5.21. The monoisotopic (exact) mass is 209 g/mol.